The predicted molar refractivity (Wildman–Crippen MR) is 83.6 cm³/mol. The van der Waals surface area contributed by atoms with Crippen LogP contribution in [0.4, 0.5) is 0 Å². The van der Waals surface area contributed by atoms with Crippen molar-refractivity contribution < 1.29 is 8.42 Å². The maximum atomic E-state index is 12.7. The van der Waals surface area contributed by atoms with Gasteiger partial charge in [0.2, 0.25) is 0 Å². The van der Waals surface area contributed by atoms with Crippen molar-refractivity contribution in [2.75, 3.05) is 20.1 Å². The fourth-order valence-corrected chi connectivity index (χ4v) is 5.72. The van der Waals surface area contributed by atoms with Gasteiger partial charge in [0.05, 0.1) is 0 Å². The molecule has 2 rings (SSSR count). The molecule has 0 unspecified atom stereocenters. The van der Waals surface area contributed by atoms with E-state index < -0.39 is 10.0 Å². The molecule has 0 amide bonds. The average molecular weight is 316 g/mol. The van der Waals surface area contributed by atoms with Crippen molar-refractivity contribution in [1.29, 1.82) is 0 Å². The number of rotatable bonds is 7. The third-order valence-corrected chi connectivity index (χ3v) is 7.60. The van der Waals surface area contributed by atoms with E-state index in [1.807, 2.05) is 27.0 Å². The monoisotopic (exact) mass is 316 g/mol. The van der Waals surface area contributed by atoms with E-state index in [9.17, 15) is 8.42 Å². The third kappa shape index (κ3) is 3.24. The highest BCUT2D eigenvalue weighted by atomic mass is 32.2. The Labute approximate surface area is 126 Å². The summed E-state index contributed by atoms with van der Waals surface area (Å²) >= 11 is 1.40. The lowest BCUT2D eigenvalue weighted by atomic mass is 9.85. The minimum atomic E-state index is -3.32. The van der Waals surface area contributed by atoms with Gasteiger partial charge in [0, 0.05) is 24.5 Å². The fraction of sp³-hybridized carbons (Fsp3) is 0.714. The number of nitrogens with one attached hydrogen (secondary N) is 1. The van der Waals surface area contributed by atoms with E-state index in [0.29, 0.717) is 23.2 Å². The van der Waals surface area contributed by atoms with Gasteiger partial charge in [-0.1, -0.05) is 13.3 Å². The van der Waals surface area contributed by atoms with Crippen LogP contribution in [0.15, 0.2) is 10.3 Å². The zero-order chi connectivity index (χ0) is 14.8. The molecule has 1 aliphatic carbocycles. The summed E-state index contributed by atoms with van der Waals surface area (Å²) in [7, 11) is -1.44. The van der Waals surface area contributed by atoms with Crippen LogP contribution in [-0.4, -0.2) is 32.9 Å². The Morgan fingerprint density at radius 1 is 1.45 bits per heavy atom. The number of sulfonamides is 1. The van der Waals surface area contributed by atoms with Gasteiger partial charge in [-0.05, 0) is 44.4 Å². The van der Waals surface area contributed by atoms with Gasteiger partial charge in [-0.15, -0.1) is 11.3 Å². The van der Waals surface area contributed by atoms with Crippen LogP contribution in [0.1, 0.15) is 36.6 Å². The maximum absolute atomic E-state index is 12.7. The van der Waals surface area contributed by atoms with Crippen molar-refractivity contribution in [3.05, 3.63) is 16.5 Å². The molecule has 4 nitrogen and oxygen atoms in total. The van der Waals surface area contributed by atoms with Crippen molar-refractivity contribution in [3.8, 4) is 0 Å². The van der Waals surface area contributed by atoms with Crippen LogP contribution in [0.3, 0.4) is 0 Å². The van der Waals surface area contributed by atoms with E-state index in [1.165, 1.54) is 30.6 Å². The SMILES string of the molecule is CCN(CC1CCC1)S(=O)(=O)c1cc(C)c(CNC)s1. The van der Waals surface area contributed by atoms with E-state index in [1.54, 1.807) is 4.31 Å². The van der Waals surface area contributed by atoms with Gasteiger partial charge in [0.15, 0.2) is 0 Å². The van der Waals surface area contributed by atoms with E-state index in [4.69, 9.17) is 0 Å². The molecule has 0 aromatic carbocycles. The molecular formula is C14H24N2O2S2. The molecule has 1 heterocycles. The van der Waals surface area contributed by atoms with Gasteiger partial charge in [-0.2, -0.15) is 4.31 Å². The number of aryl methyl sites for hydroxylation is 1. The second kappa shape index (κ2) is 6.56. The Kier molecular flexibility index (Phi) is 5.23. The molecule has 1 aromatic heterocycles. The Balaban J connectivity index is 2.20. The molecule has 0 spiro atoms. The van der Waals surface area contributed by atoms with Crippen molar-refractivity contribution >= 4 is 21.4 Å². The third-order valence-electron chi connectivity index (χ3n) is 3.97. The van der Waals surface area contributed by atoms with Crippen LogP contribution in [0.2, 0.25) is 0 Å². The predicted octanol–water partition coefficient (Wildman–Crippen LogP) is 2.59. The summed E-state index contributed by atoms with van der Waals surface area (Å²) in [6.07, 6.45) is 3.58. The van der Waals surface area contributed by atoms with Gasteiger partial charge >= 0.3 is 0 Å². The first-order valence-corrected chi connectivity index (χ1v) is 9.48. The van der Waals surface area contributed by atoms with Crippen LogP contribution >= 0.6 is 11.3 Å². The fourth-order valence-electron chi connectivity index (χ4n) is 2.44. The summed E-state index contributed by atoms with van der Waals surface area (Å²) in [5.74, 6) is 0.558. The van der Waals surface area contributed by atoms with E-state index in [2.05, 4.69) is 5.32 Å². The minimum Gasteiger partial charge on any atom is -0.315 e. The maximum Gasteiger partial charge on any atom is 0.252 e. The lowest BCUT2D eigenvalue weighted by molar-refractivity contribution is 0.250. The Morgan fingerprint density at radius 3 is 2.65 bits per heavy atom. The van der Waals surface area contributed by atoms with Gasteiger partial charge < -0.3 is 5.32 Å². The number of nitrogens with zero attached hydrogens (tertiary/aromatic N) is 1. The molecule has 0 bridgehead atoms. The average Bonchev–Trinajstić information content (AvgIpc) is 2.71. The first-order chi connectivity index (χ1) is 9.48. The van der Waals surface area contributed by atoms with Crippen LogP contribution < -0.4 is 5.32 Å². The first-order valence-electron chi connectivity index (χ1n) is 7.23. The molecule has 114 valence electrons. The molecule has 0 aliphatic heterocycles. The molecule has 6 heteroatoms. The van der Waals surface area contributed by atoms with Gasteiger partial charge in [0.25, 0.3) is 10.0 Å². The van der Waals surface area contributed by atoms with Crippen LogP contribution in [0, 0.1) is 12.8 Å². The molecule has 0 atom stereocenters. The molecule has 1 saturated carbocycles. The Morgan fingerprint density at radius 2 is 2.15 bits per heavy atom. The van der Waals surface area contributed by atoms with Crippen LogP contribution in [-0.2, 0) is 16.6 Å². The summed E-state index contributed by atoms with van der Waals surface area (Å²) in [4.78, 5) is 1.10. The van der Waals surface area contributed by atoms with Crippen molar-refractivity contribution in [2.24, 2.45) is 5.92 Å². The molecule has 20 heavy (non-hydrogen) atoms. The summed E-state index contributed by atoms with van der Waals surface area (Å²) in [6.45, 7) is 5.85. The van der Waals surface area contributed by atoms with E-state index in [-0.39, 0.29) is 0 Å². The Hall–Kier alpha value is -0.430. The summed E-state index contributed by atoms with van der Waals surface area (Å²) in [5, 5.41) is 3.09. The van der Waals surface area contributed by atoms with E-state index in [0.717, 1.165) is 17.0 Å². The molecule has 1 N–H and O–H groups in total. The first kappa shape index (κ1) is 15.9. The normalized spacial score (nSPS) is 16.6. The summed E-state index contributed by atoms with van der Waals surface area (Å²) in [5.41, 5.74) is 1.06. The molecule has 1 fully saturated rings. The molecule has 1 aliphatic rings. The number of hydrogen-bond acceptors (Lipinski definition) is 4. The molecular weight excluding hydrogens is 292 g/mol. The zero-order valence-electron chi connectivity index (χ0n) is 12.5. The van der Waals surface area contributed by atoms with Gasteiger partial charge in [-0.3, -0.25) is 0 Å². The standard InChI is InChI=1S/C14H24N2O2S2/c1-4-16(10-12-6-5-7-12)20(17,18)14-8-11(2)13(19-14)9-15-3/h8,12,15H,4-7,9-10H2,1-3H3. The largest absolute Gasteiger partial charge is 0.315 e. The van der Waals surface area contributed by atoms with Crippen LogP contribution in [0.5, 0.6) is 0 Å². The quantitative estimate of drug-likeness (QED) is 0.841. The van der Waals surface area contributed by atoms with Crippen molar-refractivity contribution in [3.63, 3.8) is 0 Å². The highest BCUT2D eigenvalue weighted by molar-refractivity contribution is 7.91. The van der Waals surface area contributed by atoms with E-state index >= 15 is 0 Å². The highest BCUT2D eigenvalue weighted by Crippen LogP contribution is 2.32. The second-order valence-corrected chi connectivity index (χ2v) is 8.76. The summed E-state index contributed by atoms with van der Waals surface area (Å²) in [6, 6.07) is 1.82. The van der Waals surface area contributed by atoms with Crippen LogP contribution in [0.25, 0.3) is 0 Å². The molecule has 1 aromatic rings. The summed E-state index contributed by atoms with van der Waals surface area (Å²) < 4.78 is 27.6. The minimum absolute atomic E-state index is 0.487. The molecule has 0 radical (unpaired) electrons. The zero-order valence-corrected chi connectivity index (χ0v) is 14.1. The number of thiophene rings is 1. The van der Waals surface area contributed by atoms with Crippen molar-refractivity contribution in [2.45, 2.75) is 43.9 Å². The van der Waals surface area contributed by atoms with Gasteiger partial charge in [-0.25, -0.2) is 8.42 Å². The number of hydrogen-bond donors (Lipinski definition) is 1. The Bertz CT molecular complexity index is 548. The highest BCUT2D eigenvalue weighted by Gasteiger charge is 2.30. The lowest BCUT2D eigenvalue weighted by Gasteiger charge is -2.30. The lowest BCUT2D eigenvalue weighted by Crippen LogP contribution is -2.36. The van der Waals surface area contributed by atoms with Gasteiger partial charge in [0.1, 0.15) is 4.21 Å². The topological polar surface area (TPSA) is 49.4 Å². The second-order valence-electron chi connectivity index (χ2n) is 5.45. The smallest absolute Gasteiger partial charge is 0.252 e. The van der Waals surface area contributed by atoms with Crippen molar-refractivity contribution in [1.82, 2.24) is 9.62 Å². The molecule has 0 saturated heterocycles.